The van der Waals surface area contributed by atoms with Crippen molar-refractivity contribution in [1.82, 2.24) is 4.98 Å². The van der Waals surface area contributed by atoms with Gasteiger partial charge in [0.1, 0.15) is 10.8 Å². The Kier molecular flexibility index (Phi) is 3.15. The summed E-state index contributed by atoms with van der Waals surface area (Å²) in [6.07, 6.45) is 1.67. The van der Waals surface area contributed by atoms with Gasteiger partial charge in [0.05, 0.1) is 0 Å². The average Bonchev–Trinajstić information content (AvgIpc) is 2.87. The molecule has 0 unspecified atom stereocenters. The van der Waals surface area contributed by atoms with E-state index >= 15 is 0 Å². The van der Waals surface area contributed by atoms with E-state index in [1.54, 1.807) is 17.5 Å². The molecule has 1 aromatic carbocycles. The van der Waals surface area contributed by atoms with Crippen LogP contribution in [0.4, 0.5) is 11.5 Å². The third kappa shape index (κ3) is 2.57. The lowest BCUT2D eigenvalue weighted by Crippen LogP contribution is -2.09. The number of anilines is 2. The number of fused-ring (bicyclic) bond motifs is 1. The van der Waals surface area contributed by atoms with Crippen molar-refractivity contribution in [3.8, 4) is 0 Å². The molecule has 3 aromatic rings. The average molecular weight is 285 g/mol. The normalized spacial score (nSPS) is 10.5. The van der Waals surface area contributed by atoms with Gasteiger partial charge in [0.2, 0.25) is 0 Å². The molecule has 0 radical (unpaired) electrons. The van der Waals surface area contributed by atoms with Gasteiger partial charge < -0.3 is 11.1 Å². The second-order valence-electron chi connectivity index (χ2n) is 4.09. The summed E-state index contributed by atoms with van der Waals surface area (Å²) in [6.45, 7) is 0. The van der Waals surface area contributed by atoms with E-state index in [4.69, 9.17) is 18.0 Å². The van der Waals surface area contributed by atoms with E-state index in [1.807, 2.05) is 18.2 Å². The van der Waals surface area contributed by atoms with Crippen LogP contribution < -0.4 is 11.1 Å². The minimum absolute atomic E-state index is 0.360. The van der Waals surface area contributed by atoms with Gasteiger partial charge in [-0.2, -0.15) is 0 Å². The summed E-state index contributed by atoms with van der Waals surface area (Å²) < 4.78 is 1.28. The molecule has 0 aliphatic rings. The summed E-state index contributed by atoms with van der Waals surface area (Å²) in [4.78, 5) is 4.65. The van der Waals surface area contributed by atoms with Gasteiger partial charge in [-0.3, -0.25) is 0 Å². The first-order valence-corrected chi connectivity index (χ1v) is 7.01. The Balaban J connectivity index is 1.85. The predicted molar refractivity (Wildman–Crippen MR) is 85.2 cm³/mol. The van der Waals surface area contributed by atoms with Crippen LogP contribution in [0.15, 0.2) is 48.0 Å². The third-order valence-electron chi connectivity index (χ3n) is 2.77. The molecule has 2 aromatic heterocycles. The number of hydrogen-bond donors (Lipinski definition) is 2. The van der Waals surface area contributed by atoms with Crippen LogP contribution in [0, 0.1) is 0 Å². The molecular formula is C14H11N3S2. The van der Waals surface area contributed by atoms with Crippen LogP contribution in [0.3, 0.4) is 0 Å². The number of nitrogens with one attached hydrogen (secondary N) is 1. The Hall–Kier alpha value is -1.98. The highest BCUT2D eigenvalue weighted by Crippen LogP contribution is 2.25. The van der Waals surface area contributed by atoms with Crippen molar-refractivity contribution in [1.29, 1.82) is 0 Å². The predicted octanol–water partition coefficient (Wildman–Crippen LogP) is 3.67. The van der Waals surface area contributed by atoms with Gasteiger partial charge in [0.15, 0.2) is 0 Å². The zero-order valence-corrected chi connectivity index (χ0v) is 11.6. The maximum Gasteiger partial charge on any atom is 0.130 e. The topological polar surface area (TPSA) is 50.9 Å². The van der Waals surface area contributed by atoms with E-state index in [2.05, 4.69) is 33.9 Å². The molecular weight excluding hydrogens is 274 g/mol. The molecule has 3 N–H and O–H groups in total. The van der Waals surface area contributed by atoms with Crippen LogP contribution in [-0.4, -0.2) is 9.97 Å². The molecule has 0 atom stereocenters. The molecule has 0 spiro atoms. The van der Waals surface area contributed by atoms with Crippen molar-refractivity contribution in [2.24, 2.45) is 5.73 Å². The van der Waals surface area contributed by atoms with Crippen LogP contribution >= 0.6 is 23.6 Å². The van der Waals surface area contributed by atoms with Crippen molar-refractivity contribution in [3.63, 3.8) is 0 Å². The lowest BCUT2D eigenvalue weighted by atomic mass is 10.2. The maximum atomic E-state index is 5.54. The molecule has 0 saturated heterocycles. The van der Waals surface area contributed by atoms with Crippen LogP contribution in [0.2, 0.25) is 0 Å². The van der Waals surface area contributed by atoms with Gasteiger partial charge in [0, 0.05) is 22.1 Å². The van der Waals surface area contributed by atoms with Gasteiger partial charge in [-0.1, -0.05) is 12.2 Å². The van der Waals surface area contributed by atoms with Gasteiger partial charge in [-0.05, 0) is 47.2 Å². The third-order valence-corrected chi connectivity index (χ3v) is 3.91. The molecule has 0 amide bonds. The monoisotopic (exact) mass is 285 g/mol. The Bertz CT molecular complexity index is 732. The Morgan fingerprint density at radius 1 is 1.21 bits per heavy atom. The number of benzene rings is 1. The highest BCUT2D eigenvalue weighted by Gasteiger charge is 2.01. The Morgan fingerprint density at radius 2 is 2.11 bits per heavy atom. The van der Waals surface area contributed by atoms with Gasteiger partial charge in [0.25, 0.3) is 0 Å². The Morgan fingerprint density at radius 3 is 2.84 bits per heavy atom. The molecule has 2 heterocycles. The first-order chi connectivity index (χ1) is 9.22. The van der Waals surface area contributed by atoms with Crippen molar-refractivity contribution in [2.75, 3.05) is 5.32 Å². The fourth-order valence-corrected chi connectivity index (χ4v) is 2.70. The molecule has 0 aliphatic heterocycles. The van der Waals surface area contributed by atoms with Crippen molar-refractivity contribution < 1.29 is 0 Å². The van der Waals surface area contributed by atoms with Gasteiger partial charge in [-0.25, -0.2) is 4.98 Å². The molecule has 0 aliphatic carbocycles. The molecule has 0 fully saturated rings. The highest BCUT2D eigenvalue weighted by molar-refractivity contribution is 7.80. The number of thiocarbonyl (C=S) groups is 1. The second-order valence-corrected chi connectivity index (χ2v) is 5.48. The molecule has 0 saturated carbocycles. The summed E-state index contributed by atoms with van der Waals surface area (Å²) in [5.41, 5.74) is 7.33. The lowest BCUT2D eigenvalue weighted by molar-refractivity contribution is 1.30. The smallest absolute Gasteiger partial charge is 0.130 e. The minimum atomic E-state index is 0.360. The van der Waals surface area contributed by atoms with Crippen molar-refractivity contribution >= 4 is 50.1 Å². The molecule has 94 valence electrons. The number of aromatic nitrogens is 1. The van der Waals surface area contributed by atoms with E-state index in [9.17, 15) is 0 Å². The number of hydrogen-bond acceptors (Lipinski definition) is 4. The van der Waals surface area contributed by atoms with Crippen LogP contribution in [-0.2, 0) is 0 Å². The fraction of sp³-hybridized carbons (Fsp3) is 0. The molecule has 5 heteroatoms. The van der Waals surface area contributed by atoms with E-state index < -0.39 is 0 Å². The van der Waals surface area contributed by atoms with Crippen molar-refractivity contribution in [2.45, 2.75) is 0 Å². The molecule has 3 rings (SSSR count). The zero-order valence-electron chi connectivity index (χ0n) is 9.96. The molecule has 19 heavy (non-hydrogen) atoms. The quantitative estimate of drug-likeness (QED) is 0.721. The van der Waals surface area contributed by atoms with Crippen LogP contribution in [0.25, 0.3) is 10.1 Å². The first-order valence-electron chi connectivity index (χ1n) is 5.72. The number of nitrogens with zero attached hydrogens (tertiary/aromatic N) is 1. The molecule has 3 nitrogen and oxygen atoms in total. The SMILES string of the molecule is NC(=S)c1ccc(Nc2ccc3sccc3c2)nc1. The number of pyridine rings is 1. The van der Waals surface area contributed by atoms with Gasteiger partial charge in [-0.15, -0.1) is 11.3 Å². The highest BCUT2D eigenvalue weighted by atomic mass is 32.1. The van der Waals surface area contributed by atoms with Crippen molar-refractivity contribution in [3.05, 3.63) is 53.5 Å². The van der Waals surface area contributed by atoms with E-state index in [1.165, 1.54) is 10.1 Å². The van der Waals surface area contributed by atoms with Crippen LogP contribution in [0.5, 0.6) is 0 Å². The first kappa shape index (κ1) is 12.1. The summed E-state index contributed by atoms with van der Waals surface area (Å²) in [5, 5.41) is 6.58. The summed E-state index contributed by atoms with van der Waals surface area (Å²) in [6, 6.07) is 12.1. The standard InChI is InChI=1S/C14H11N3S2/c15-14(18)10-1-4-13(16-8-10)17-11-2-3-12-9(7-11)5-6-19-12/h1-8H,(H2,15,18)(H,16,17). The fourth-order valence-electron chi connectivity index (χ4n) is 1.81. The molecule has 0 bridgehead atoms. The van der Waals surface area contributed by atoms with E-state index in [-0.39, 0.29) is 0 Å². The second kappa shape index (κ2) is 4.95. The van der Waals surface area contributed by atoms with E-state index in [0.717, 1.165) is 17.1 Å². The summed E-state index contributed by atoms with van der Waals surface area (Å²) in [5.74, 6) is 0.773. The number of thiophene rings is 1. The number of nitrogens with two attached hydrogens (primary N) is 1. The number of rotatable bonds is 3. The van der Waals surface area contributed by atoms with Gasteiger partial charge >= 0.3 is 0 Å². The van der Waals surface area contributed by atoms with E-state index in [0.29, 0.717) is 4.99 Å². The maximum absolute atomic E-state index is 5.54. The zero-order chi connectivity index (χ0) is 13.2. The van der Waals surface area contributed by atoms with Crippen LogP contribution in [0.1, 0.15) is 5.56 Å². The summed E-state index contributed by atoms with van der Waals surface area (Å²) in [7, 11) is 0. The summed E-state index contributed by atoms with van der Waals surface area (Å²) >= 11 is 6.63. The largest absolute Gasteiger partial charge is 0.389 e. The lowest BCUT2D eigenvalue weighted by Gasteiger charge is -2.06. The Labute approximate surface area is 120 Å². The minimum Gasteiger partial charge on any atom is -0.389 e.